The van der Waals surface area contributed by atoms with Crippen molar-refractivity contribution in [3.63, 3.8) is 0 Å². The molecule has 1 aromatic heterocycles. The van der Waals surface area contributed by atoms with Crippen molar-refractivity contribution in [1.82, 2.24) is 14.7 Å². The van der Waals surface area contributed by atoms with Crippen LogP contribution in [0.5, 0.6) is 0 Å². The molecule has 1 aromatic carbocycles. The van der Waals surface area contributed by atoms with Gasteiger partial charge in [-0.2, -0.15) is 13.2 Å². The van der Waals surface area contributed by atoms with E-state index in [0.717, 1.165) is 24.3 Å². The third-order valence-corrected chi connectivity index (χ3v) is 4.48. The molecule has 0 bridgehead atoms. The van der Waals surface area contributed by atoms with Crippen molar-refractivity contribution in [2.75, 3.05) is 19.0 Å². The number of aromatic nitrogens is 2. The quantitative estimate of drug-likeness (QED) is 0.883. The van der Waals surface area contributed by atoms with Gasteiger partial charge >= 0.3 is 6.18 Å². The maximum atomic E-state index is 12.5. The van der Waals surface area contributed by atoms with Crippen LogP contribution < -0.4 is 9.62 Å². The van der Waals surface area contributed by atoms with Gasteiger partial charge in [0.05, 0.1) is 17.0 Å². The SMILES string of the molecule is CN(C)c1ccnc(CNS(=O)(=O)c2ccc(C(F)(F)F)cc2)n1. The summed E-state index contributed by atoms with van der Waals surface area (Å²) in [6.07, 6.45) is -3.03. The molecule has 6 nitrogen and oxygen atoms in total. The Morgan fingerprint density at radius 1 is 1.12 bits per heavy atom. The van der Waals surface area contributed by atoms with Crippen molar-refractivity contribution in [1.29, 1.82) is 0 Å². The van der Waals surface area contributed by atoms with Crippen LogP contribution in [0.2, 0.25) is 0 Å². The number of nitrogens with zero attached hydrogens (tertiary/aromatic N) is 3. The first-order valence-corrected chi connectivity index (χ1v) is 8.24. The highest BCUT2D eigenvalue weighted by Gasteiger charge is 2.30. The molecular weight excluding hydrogens is 345 g/mol. The van der Waals surface area contributed by atoms with Crippen molar-refractivity contribution >= 4 is 15.8 Å². The lowest BCUT2D eigenvalue weighted by atomic mass is 10.2. The number of benzene rings is 1. The van der Waals surface area contributed by atoms with Gasteiger partial charge in [-0.05, 0) is 30.3 Å². The standard InChI is InChI=1S/C14H15F3N4O2S/c1-21(2)13-7-8-18-12(20-13)9-19-24(22,23)11-5-3-10(4-6-11)14(15,16)17/h3-8,19H,9H2,1-2H3. The Balaban J connectivity index is 2.13. The van der Waals surface area contributed by atoms with E-state index in [0.29, 0.717) is 5.82 Å². The van der Waals surface area contributed by atoms with E-state index in [-0.39, 0.29) is 17.3 Å². The Morgan fingerprint density at radius 3 is 2.29 bits per heavy atom. The summed E-state index contributed by atoms with van der Waals surface area (Å²) in [5, 5.41) is 0. The molecule has 0 atom stereocenters. The van der Waals surface area contributed by atoms with Gasteiger partial charge in [-0.15, -0.1) is 0 Å². The van der Waals surface area contributed by atoms with Crippen molar-refractivity contribution in [2.24, 2.45) is 0 Å². The molecule has 0 radical (unpaired) electrons. The zero-order chi connectivity index (χ0) is 18.0. The van der Waals surface area contributed by atoms with Crippen LogP contribution in [0.3, 0.4) is 0 Å². The monoisotopic (exact) mass is 360 g/mol. The van der Waals surface area contributed by atoms with Gasteiger partial charge in [-0.1, -0.05) is 0 Å². The van der Waals surface area contributed by atoms with Crippen LogP contribution in [-0.2, 0) is 22.7 Å². The van der Waals surface area contributed by atoms with E-state index in [2.05, 4.69) is 14.7 Å². The first-order chi connectivity index (χ1) is 11.1. The maximum absolute atomic E-state index is 12.5. The fourth-order valence-corrected chi connectivity index (χ4v) is 2.77. The van der Waals surface area contributed by atoms with Gasteiger partial charge in [0.2, 0.25) is 10.0 Å². The number of halogens is 3. The zero-order valence-electron chi connectivity index (χ0n) is 12.9. The Hall–Kier alpha value is -2.20. The highest BCUT2D eigenvalue weighted by molar-refractivity contribution is 7.89. The van der Waals surface area contributed by atoms with E-state index in [1.165, 1.54) is 6.20 Å². The number of hydrogen-bond donors (Lipinski definition) is 1. The molecule has 0 aliphatic heterocycles. The van der Waals surface area contributed by atoms with E-state index in [1.54, 1.807) is 25.1 Å². The summed E-state index contributed by atoms with van der Waals surface area (Å²) in [6.45, 7) is -0.176. The van der Waals surface area contributed by atoms with Crippen LogP contribution in [-0.4, -0.2) is 32.5 Å². The van der Waals surface area contributed by atoms with Gasteiger partial charge in [-0.25, -0.2) is 23.1 Å². The molecule has 2 aromatic rings. The minimum atomic E-state index is -4.52. The predicted octanol–water partition coefficient (Wildman–Crippen LogP) is 2.04. The minimum absolute atomic E-state index is 0.176. The normalized spacial score (nSPS) is 12.2. The van der Waals surface area contributed by atoms with Crippen LogP contribution in [0.1, 0.15) is 11.4 Å². The number of rotatable bonds is 5. The molecule has 0 saturated heterocycles. The predicted molar refractivity (Wildman–Crippen MR) is 81.8 cm³/mol. The average molecular weight is 360 g/mol. The lowest BCUT2D eigenvalue weighted by Gasteiger charge is -2.12. The highest BCUT2D eigenvalue weighted by atomic mass is 32.2. The Kier molecular flexibility index (Phi) is 5.09. The summed E-state index contributed by atoms with van der Waals surface area (Å²) in [5.74, 6) is 0.852. The summed E-state index contributed by atoms with van der Waals surface area (Å²) in [4.78, 5) is 9.57. The summed E-state index contributed by atoms with van der Waals surface area (Å²) < 4.78 is 64.0. The third kappa shape index (κ3) is 4.42. The van der Waals surface area contributed by atoms with E-state index < -0.39 is 21.8 Å². The molecule has 0 unspecified atom stereocenters. The van der Waals surface area contributed by atoms with Gasteiger partial charge in [0.15, 0.2) is 0 Å². The summed E-state index contributed by atoms with van der Waals surface area (Å²) >= 11 is 0. The fraction of sp³-hybridized carbons (Fsp3) is 0.286. The molecule has 1 N–H and O–H groups in total. The molecule has 0 aliphatic carbocycles. The smallest absolute Gasteiger partial charge is 0.363 e. The molecule has 1 heterocycles. The molecule has 0 saturated carbocycles. The van der Waals surface area contributed by atoms with E-state index >= 15 is 0 Å². The van der Waals surface area contributed by atoms with Crippen LogP contribution in [0.15, 0.2) is 41.4 Å². The van der Waals surface area contributed by atoms with Crippen molar-refractivity contribution in [3.8, 4) is 0 Å². The number of anilines is 1. The second-order valence-corrected chi connectivity index (χ2v) is 6.84. The number of sulfonamides is 1. The molecule has 10 heteroatoms. The van der Waals surface area contributed by atoms with Crippen molar-refractivity contribution in [2.45, 2.75) is 17.6 Å². The largest absolute Gasteiger partial charge is 0.416 e. The van der Waals surface area contributed by atoms with Crippen LogP contribution in [0.4, 0.5) is 19.0 Å². The second-order valence-electron chi connectivity index (χ2n) is 5.07. The molecule has 0 spiro atoms. The van der Waals surface area contributed by atoms with Crippen LogP contribution >= 0.6 is 0 Å². The van der Waals surface area contributed by atoms with Gasteiger partial charge in [0.25, 0.3) is 0 Å². The van der Waals surface area contributed by atoms with Gasteiger partial charge in [0.1, 0.15) is 11.6 Å². The topological polar surface area (TPSA) is 75.2 Å². The molecular formula is C14H15F3N4O2S. The van der Waals surface area contributed by atoms with Gasteiger partial charge < -0.3 is 4.90 Å². The second kappa shape index (κ2) is 6.73. The number of nitrogens with one attached hydrogen (secondary N) is 1. The van der Waals surface area contributed by atoms with Crippen molar-refractivity contribution in [3.05, 3.63) is 47.9 Å². The summed E-state index contributed by atoms with van der Waals surface area (Å²) in [7, 11) is -0.412. The molecule has 2 rings (SSSR count). The highest BCUT2D eigenvalue weighted by Crippen LogP contribution is 2.29. The lowest BCUT2D eigenvalue weighted by molar-refractivity contribution is -0.137. The van der Waals surface area contributed by atoms with Crippen molar-refractivity contribution < 1.29 is 21.6 Å². The molecule has 0 aliphatic rings. The third-order valence-electron chi connectivity index (χ3n) is 3.06. The Morgan fingerprint density at radius 2 is 1.75 bits per heavy atom. The fourth-order valence-electron chi connectivity index (χ4n) is 1.79. The van der Waals surface area contributed by atoms with E-state index in [4.69, 9.17) is 0 Å². The molecule has 130 valence electrons. The summed E-state index contributed by atoms with van der Waals surface area (Å²) in [5.41, 5.74) is -0.913. The zero-order valence-corrected chi connectivity index (χ0v) is 13.7. The maximum Gasteiger partial charge on any atom is 0.416 e. The Labute approximate surface area is 137 Å². The van der Waals surface area contributed by atoms with E-state index in [1.807, 2.05) is 0 Å². The summed E-state index contributed by atoms with van der Waals surface area (Å²) in [6, 6.07) is 4.91. The molecule has 0 amide bonds. The molecule has 24 heavy (non-hydrogen) atoms. The Bertz CT molecular complexity index is 806. The van der Waals surface area contributed by atoms with Gasteiger partial charge in [0, 0.05) is 20.3 Å². The van der Waals surface area contributed by atoms with Gasteiger partial charge in [-0.3, -0.25) is 0 Å². The first-order valence-electron chi connectivity index (χ1n) is 6.76. The lowest BCUT2D eigenvalue weighted by Crippen LogP contribution is -2.25. The van der Waals surface area contributed by atoms with Crippen LogP contribution in [0, 0.1) is 0 Å². The first kappa shape index (κ1) is 18.1. The molecule has 0 fully saturated rings. The average Bonchev–Trinajstić information content (AvgIpc) is 2.52. The van der Waals surface area contributed by atoms with Crippen LogP contribution in [0.25, 0.3) is 0 Å². The van der Waals surface area contributed by atoms with E-state index in [9.17, 15) is 21.6 Å². The number of hydrogen-bond acceptors (Lipinski definition) is 5. The number of alkyl halides is 3. The minimum Gasteiger partial charge on any atom is -0.363 e.